The zero-order chi connectivity index (χ0) is 13.4. The number of hydrogen-bond acceptors (Lipinski definition) is 3. The SMILES string of the molecule is C=CCSCCNC(=O)[C@H]1CCCCN1C(C)=O. The fourth-order valence-electron chi connectivity index (χ4n) is 2.11. The molecule has 0 spiro atoms. The Hall–Kier alpha value is -0.970. The number of thioether (sulfide) groups is 1. The van der Waals surface area contributed by atoms with Crippen LogP contribution in [0, 0.1) is 0 Å². The fraction of sp³-hybridized carbons (Fsp3) is 0.692. The summed E-state index contributed by atoms with van der Waals surface area (Å²) >= 11 is 1.74. The highest BCUT2D eigenvalue weighted by atomic mass is 32.2. The van der Waals surface area contributed by atoms with E-state index >= 15 is 0 Å². The van der Waals surface area contributed by atoms with E-state index in [2.05, 4.69) is 11.9 Å². The van der Waals surface area contributed by atoms with Gasteiger partial charge in [0.1, 0.15) is 6.04 Å². The molecule has 1 N–H and O–H groups in total. The summed E-state index contributed by atoms with van der Waals surface area (Å²) in [5, 5.41) is 2.91. The largest absolute Gasteiger partial charge is 0.353 e. The molecule has 5 heteroatoms. The summed E-state index contributed by atoms with van der Waals surface area (Å²) in [6, 6.07) is -0.263. The van der Waals surface area contributed by atoms with Gasteiger partial charge in [-0.05, 0) is 19.3 Å². The van der Waals surface area contributed by atoms with Crippen molar-refractivity contribution in [3.63, 3.8) is 0 Å². The number of likely N-dealkylation sites (tertiary alicyclic amines) is 1. The Bertz CT molecular complexity index is 307. The second-order valence-corrected chi connectivity index (χ2v) is 5.53. The van der Waals surface area contributed by atoms with Crippen LogP contribution in [-0.2, 0) is 9.59 Å². The molecule has 4 nitrogen and oxygen atoms in total. The fourth-order valence-corrected chi connectivity index (χ4v) is 2.69. The Balaban J connectivity index is 2.34. The number of nitrogens with one attached hydrogen (secondary N) is 1. The van der Waals surface area contributed by atoms with Crippen molar-refractivity contribution in [1.29, 1.82) is 0 Å². The van der Waals surface area contributed by atoms with Gasteiger partial charge in [-0.1, -0.05) is 6.08 Å². The highest BCUT2D eigenvalue weighted by Gasteiger charge is 2.29. The molecule has 0 aliphatic carbocycles. The molecule has 0 aromatic heterocycles. The molecule has 1 aliphatic heterocycles. The van der Waals surface area contributed by atoms with Crippen LogP contribution in [0.25, 0.3) is 0 Å². The summed E-state index contributed by atoms with van der Waals surface area (Å²) in [6.07, 6.45) is 4.65. The van der Waals surface area contributed by atoms with E-state index in [9.17, 15) is 9.59 Å². The van der Waals surface area contributed by atoms with Gasteiger partial charge in [0.15, 0.2) is 0 Å². The molecule has 0 aromatic carbocycles. The van der Waals surface area contributed by atoms with Gasteiger partial charge in [-0.25, -0.2) is 0 Å². The first kappa shape index (κ1) is 15.1. The molecule has 0 bridgehead atoms. The number of amides is 2. The normalized spacial score (nSPS) is 19.4. The molecule has 1 rings (SSSR count). The van der Waals surface area contributed by atoms with Crippen molar-refractivity contribution in [2.75, 3.05) is 24.6 Å². The summed E-state index contributed by atoms with van der Waals surface area (Å²) in [6.45, 7) is 6.54. The first-order valence-corrected chi connectivity index (χ1v) is 7.56. The van der Waals surface area contributed by atoms with E-state index in [1.807, 2.05) is 6.08 Å². The van der Waals surface area contributed by atoms with Crippen LogP contribution in [0.15, 0.2) is 12.7 Å². The van der Waals surface area contributed by atoms with Gasteiger partial charge >= 0.3 is 0 Å². The Kier molecular flexibility index (Phi) is 6.86. The number of piperidine rings is 1. The lowest BCUT2D eigenvalue weighted by Gasteiger charge is -2.33. The third kappa shape index (κ3) is 4.72. The second kappa shape index (κ2) is 8.19. The van der Waals surface area contributed by atoms with Gasteiger partial charge in [0.2, 0.25) is 11.8 Å². The van der Waals surface area contributed by atoms with Crippen LogP contribution in [0.5, 0.6) is 0 Å². The lowest BCUT2D eigenvalue weighted by atomic mass is 10.0. The highest BCUT2D eigenvalue weighted by Crippen LogP contribution is 2.17. The van der Waals surface area contributed by atoms with Crippen molar-refractivity contribution in [2.24, 2.45) is 0 Å². The number of carbonyl (C=O) groups is 2. The maximum atomic E-state index is 12.0. The van der Waals surface area contributed by atoms with E-state index in [1.54, 1.807) is 16.7 Å². The van der Waals surface area contributed by atoms with Crippen LogP contribution in [-0.4, -0.2) is 47.4 Å². The zero-order valence-electron chi connectivity index (χ0n) is 11.0. The predicted octanol–water partition coefficient (Wildman–Crippen LogP) is 1.42. The molecule has 2 amide bonds. The molecule has 1 saturated heterocycles. The van der Waals surface area contributed by atoms with Gasteiger partial charge in [0, 0.05) is 31.5 Å². The van der Waals surface area contributed by atoms with Crippen molar-refractivity contribution in [1.82, 2.24) is 10.2 Å². The van der Waals surface area contributed by atoms with E-state index in [4.69, 9.17) is 0 Å². The van der Waals surface area contributed by atoms with Crippen molar-refractivity contribution in [2.45, 2.75) is 32.2 Å². The lowest BCUT2D eigenvalue weighted by molar-refractivity contribution is -0.140. The highest BCUT2D eigenvalue weighted by molar-refractivity contribution is 7.99. The predicted molar refractivity (Wildman–Crippen MR) is 75.6 cm³/mol. The number of carbonyl (C=O) groups excluding carboxylic acids is 2. The van der Waals surface area contributed by atoms with Crippen molar-refractivity contribution >= 4 is 23.6 Å². The van der Waals surface area contributed by atoms with Gasteiger partial charge < -0.3 is 10.2 Å². The second-order valence-electron chi connectivity index (χ2n) is 4.38. The molecule has 1 aliphatic rings. The molecule has 0 saturated carbocycles. The van der Waals surface area contributed by atoms with E-state index in [0.717, 1.165) is 30.8 Å². The summed E-state index contributed by atoms with van der Waals surface area (Å²) in [5.74, 6) is 1.77. The van der Waals surface area contributed by atoms with Crippen molar-refractivity contribution in [3.05, 3.63) is 12.7 Å². The molecule has 0 unspecified atom stereocenters. The van der Waals surface area contributed by atoms with E-state index in [1.165, 1.54) is 6.92 Å². The quantitative estimate of drug-likeness (QED) is 0.586. The monoisotopic (exact) mass is 270 g/mol. The summed E-state index contributed by atoms with van der Waals surface area (Å²) in [5.41, 5.74) is 0. The topological polar surface area (TPSA) is 49.4 Å². The van der Waals surface area contributed by atoms with Crippen LogP contribution in [0.3, 0.4) is 0 Å². The molecule has 1 atom stereocenters. The third-order valence-corrected chi connectivity index (χ3v) is 3.96. The number of nitrogens with zero attached hydrogens (tertiary/aromatic N) is 1. The molecule has 0 aromatic rings. The average molecular weight is 270 g/mol. The summed E-state index contributed by atoms with van der Waals surface area (Å²) < 4.78 is 0. The third-order valence-electron chi connectivity index (χ3n) is 2.99. The minimum Gasteiger partial charge on any atom is -0.353 e. The van der Waals surface area contributed by atoms with Crippen LogP contribution in [0.4, 0.5) is 0 Å². The van der Waals surface area contributed by atoms with Gasteiger partial charge in [0.25, 0.3) is 0 Å². The van der Waals surface area contributed by atoms with E-state index in [-0.39, 0.29) is 17.9 Å². The summed E-state index contributed by atoms with van der Waals surface area (Å²) in [4.78, 5) is 25.2. The Morgan fingerprint density at radius 1 is 1.50 bits per heavy atom. The van der Waals surface area contributed by atoms with Crippen LogP contribution >= 0.6 is 11.8 Å². The van der Waals surface area contributed by atoms with Crippen molar-refractivity contribution < 1.29 is 9.59 Å². The molecule has 0 radical (unpaired) electrons. The lowest BCUT2D eigenvalue weighted by Crippen LogP contribution is -2.51. The minimum absolute atomic E-state index is 0.00381. The minimum atomic E-state index is -0.263. The van der Waals surface area contributed by atoms with E-state index in [0.29, 0.717) is 13.1 Å². The smallest absolute Gasteiger partial charge is 0.242 e. The maximum absolute atomic E-state index is 12.0. The van der Waals surface area contributed by atoms with Gasteiger partial charge in [0.05, 0.1) is 0 Å². The van der Waals surface area contributed by atoms with Crippen LogP contribution in [0.1, 0.15) is 26.2 Å². The molecule has 1 fully saturated rings. The van der Waals surface area contributed by atoms with E-state index < -0.39 is 0 Å². The first-order chi connectivity index (χ1) is 8.66. The maximum Gasteiger partial charge on any atom is 0.242 e. The molecule has 1 heterocycles. The zero-order valence-corrected chi connectivity index (χ0v) is 11.8. The Labute approximate surface area is 113 Å². The number of rotatable bonds is 6. The standard InChI is InChI=1S/C13H22N2O2S/c1-3-9-18-10-7-14-13(17)12-6-4-5-8-15(12)11(2)16/h3,12H,1,4-10H2,2H3,(H,14,17)/t12-/m1/s1. The average Bonchev–Trinajstić information content (AvgIpc) is 2.38. The molecular weight excluding hydrogens is 248 g/mol. The Morgan fingerprint density at radius 2 is 2.28 bits per heavy atom. The van der Waals surface area contributed by atoms with Gasteiger partial charge in [-0.2, -0.15) is 11.8 Å². The Morgan fingerprint density at radius 3 is 2.94 bits per heavy atom. The van der Waals surface area contributed by atoms with Crippen LogP contribution in [0.2, 0.25) is 0 Å². The van der Waals surface area contributed by atoms with Gasteiger partial charge in [-0.3, -0.25) is 9.59 Å². The van der Waals surface area contributed by atoms with Crippen molar-refractivity contribution in [3.8, 4) is 0 Å². The van der Waals surface area contributed by atoms with Crippen LogP contribution < -0.4 is 5.32 Å². The number of hydrogen-bond donors (Lipinski definition) is 1. The van der Waals surface area contributed by atoms with Gasteiger partial charge in [-0.15, -0.1) is 6.58 Å². The summed E-state index contributed by atoms with van der Waals surface area (Å²) in [7, 11) is 0. The molecule has 18 heavy (non-hydrogen) atoms. The molecular formula is C13H22N2O2S. The molecule has 102 valence electrons. The first-order valence-electron chi connectivity index (χ1n) is 6.40.